The molecule has 1 amide bonds. The van der Waals surface area contributed by atoms with Crippen LogP contribution in [-0.2, 0) is 30.5 Å². The minimum atomic E-state index is -0.0152. The van der Waals surface area contributed by atoms with Crippen LogP contribution in [0.3, 0.4) is 0 Å². The number of rotatable bonds is 9. The van der Waals surface area contributed by atoms with Gasteiger partial charge in [0, 0.05) is 54.2 Å². The van der Waals surface area contributed by atoms with Crippen molar-refractivity contribution in [3.8, 4) is 0 Å². The quantitative estimate of drug-likeness (QED) is 0.428. The molecule has 0 fully saturated rings. The van der Waals surface area contributed by atoms with E-state index < -0.39 is 0 Å². The summed E-state index contributed by atoms with van der Waals surface area (Å²) in [7, 11) is 0. The third-order valence-corrected chi connectivity index (χ3v) is 6.22. The molecule has 0 aliphatic carbocycles. The van der Waals surface area contributed by atoms with Crippen LogP contribution in [0.4, 0.5) is 0 Å². The highest BCUT2D eigenvalue weighted by Gasteiger charge is 2.11. The van der Waals surface area contributed by atoms with Crippen molar-refractivity contribution in [2.75, 3.05) is 6.54 Å². The number of amides is 1. The number of aryl methyl sites for hydroxylation is 5. The number of benzene rings is 1. The van der Waals surface area contributed by atoms with E-state index >= 15 is 0 Å². The van der Waals surface area contributed by atoms with E-state index in [1.54, 1.807) is 11.3 Å². The van der Waals surface area contributed by atoms with Crippen LogP contribution in [0, 0.1) is 13.8 Å². The van der Waals surface area contributed by atoms with Crippen LogP contribution in [0.5, 0.6) is 0 Å². The predicted octanol–water partition coefficient (Wildman–Crippen LogP) is 3.70. The number of hydrogen-bond donors (Lipinski definition) is 2. The van der Waals surface area contributed by atoms with Crippen molar-refractivity contribution in [3.05, 3.63) is 63.4 Å². The number of hydrogen-bond acceptors (Lipinski definition) is 6. The third kappa shape index (κ3) is 4.94. The number of aromatic amines is 1. The molecule has 8 heteroatoms. The van der Waals surface area contributed by atoms with Gasteiger partial charge in [0.2, 0.25) is 17.7 Å². The summed E-state index contributed by atoms with van der Waals surface area (Å²) in [4.78, 5) is 21.1. The molecule has 0 saturated carbocycles. The monoisotopic (exact) mass is 423 g/mol. The Hall–Kier alpha value is -3.00. The summed E-state index contributed by atoms with van der Waals surface area (Å²) >= 11 is 1.69. The lowest BCUT2D eigenvalue weighted by molar-refractivity contribution is -0.121. The van der Waals surface area contributed by atoms with Crippen LogP contribution in [0.15, 0.2) is 34.9 Å². The van der Waals surface area contributed by atoms with Crippen molar-refractivity contribution in [1.29, 1.82) is 0 Å². The summed E-state index contributed by atoms with van der Waals surface area (Å²) in [6.45, 7) is 4.66. The summed E-state index contributed by atoms with van der Waals surface area (Å²) in [5.74, 6) is 1.09. The lowest BCUT2D eigenvalue weighted by Crippen LogP contribution is -2.25. The van der Waals surface area contributed by atoms with E-state index in [1.807, 2.05) is 25.3 Å². The smallest absolute Gasteiger partial charge is 0.220 e. The fraction of sp³-hybridized carbons (Fsp3) is 0.364. The van der Waals surface area contributed by atoms with Gasteiger partial charge in [0.25, 0.3) is 0 Å². The minimum absolute atomic E-state index is 0.0152. The molecule has 0 saturated heterocycles. The molecular formula is C22H25N5O2S. The van der Waals surface area contributed by atoms with E-state index in [2.05, 4.69) is 44.5 Å². The SMILES string of the molecule is Cc1nc(CCNC(=O)CCc2nnc(CCc3c[nH]c4ccccc34)o2)sc1C. The molecule has 0 spiro atoms. The Labute approximate surface area is 178 Å². The number of para-hydroxylation sites is 1. The Morgan fingerprint density at radius 1 is 1.10 bits per heavy atom. The van der Waals surface area contributed by atoms with Gasteiger partial charge in [0.15, 0.2) is 0 Å². The fourth-order valence-corrected chi connectivity index (χ4v) is 4.27. The first-order chi connectivity index (χ1) is 14.6. The molecule has 3 heterocycles. The zero-order valence-electron chi connectivity index (χ0n) is 17.2. The molecule has 4 rings (SSSR count). The van der Waals surface area contributed by atoms with Crippen molar-refractivity contribution in [3.63, 3.8) is 0 Å². The molecule has 0 unspecified atom stereocenters. The second-order valence-corrected chi connectivity index (χ2v) is 8.59. The number of fused-ring (bicyclic) bond motifs is 1. The summed E-state index contributed by atoms with van der Waals surface area (Å²) < 4.78 is 5.71. The number of carbonyl (C=O) groups excluding carboxylic acids is 1. The Morgan fingerprint density at radius 3 is 2.70 bits per heavy atom. The van der Waals surface area contributed by atoms with Gasteiger partial charge in [0.05, 0.1) is 10.7 Å². The first kappa shape index (κ1) is 20.3. The first-order valence-electron chi connectivity index (χ1n) is 10.1. The largest absolute Gasteiger partial charge is 0.425 e. The highest BCUT2D eigenvalue weighted by Crippen LogP contribution is 2.19. The van der Waals surface area contributed by atoms with Gasteiger partial charge in [-0.05, 0) is 31.9 Å². The van der Waals surface area contributed by atoms with Crippen molar-refractivity contribution in [1.82, 2.24) is 25.5 Å². The number of aromatic nitrogens is 4. The van der Waals surface area contributed by atoms with E-state index in [0.29, 0.717) is 37.6 Å². The Morgan fingerprint density at radius 2 is 1.90 bits per heavy atom. The normalized spacial score (nSPS) is 11.3. The highest BCUT2D eigenvalue weighted by atomic mass is 32.1. The Bertz CT molecular complexity index is 1120. The molecule has 1 aromatic carbocycles. The Kier molecular flexibility index (Phi) is 6.23. The summed E-state index contributed by atoms with van der Waals surface area (Å²) in [5.41, 5.74) is 3.43. The molecule has 7 nitrogen and oxygen atoms in total. The molecule has 30 heavy (non-hydrogen) atoms. The molecule has 4 aromatic rings. The fourth-order valence-electron chi connectivity index (χ4n) is 3.33. The molecular weight excluding hydrogens is 398 g/mol. The molecule has 0 radical (unpaired) electrons. The molecule has 0 aliphatic rings. The van der Waals surface area contributed by atoms with Gasteiger partial charge in [0.1, 0.15) is 0 Å². The summed E-state index contributed by atoms with van der Waals surface area (Å²) in [6.07, 6.45) is 5.06. The number of H-pyrrole nitrogens is 1. The average Bonchev–Trinajstić information content (AvgIpc) is 3.44. The van der Waals surface area contributed by atoms with Crippen LogP contribution in [-0.4, -0.2) is 32.6 Å². The van der Waals surface area contributed by atoms with E-state index in [4.69, 9.17) is 4.42 Å². The van der Waals surface area contributed by atoms with Crippen LogP contribution >= 0.6 is 11.3 Å². The van der Waals surface area contributed by atoms with Gasteiger partial charge in [-0.1, -0.05) is 18.2 Å². The van der Waals surface area contributed by atoms with Gasteiger partial charge in [-0.15, -0.1) is 21.5 Å². The minimum Gasteiger partial charge on any atom is -0.425 e. The zero-order chi connectivity index (χ0) is 20.9. The number of nitrogens with zero attached hydrogens (tertiary/aromatic N) is 3. The Balaban J connectivity index is 1.20. The predicted molar refractivity (Wildman–Crippen MR) is 117 cm³/mol. The van der Waals surface area contributed by atoms with E-state index in [0.717, 1.165) is 29.1 Å². The van der Waals surface area contributed by atoms with Crippen LogP contribution in [0.25, 0.3) is 10.9 Å². The second-order valence-electron chi connectivity index (χ2n) is 7.30. The van der Waals surface area contributed by atoms with Crippen LogP contribution in [0.2, 0.25) is 0 Å². The topological polar surface area (TPSA) is 96.7 Å². The van der Waals surface area contributed by atoms with E-state index in [9.17, 15) is 4.79 Å². The van der Waals surface area contributed by atoms with E-state index in [1.165, 1.54) is 15.8 Å². The summed E-state index contributed by atoms with van der Waals surface area (Å²) in [6, 6.07) is 8.22. The molecule has 2 N–H and O–H groups in total. The first-order valence-corrected chi connectivity index (χ1v) is 11.0. The maximum absolute atomic E-state index is 12.1. The molecule has 0 bridgehead atoms. The zero-order valence-corrected chi connectivity index (χ0v) is 18.0. The van der Waals surface area contributed by atoms with Gasteiger partial charge in [-0.25, -0.2) is 4.98 Å². The van der Waals surface area contributed by atoms with Crippen molar-refractivity contribution in [2.45, 2.75) is 46.0 Å². The van der Waals surface area contributed by atoms with Crippen molar-refractivity contribution >= 4 is 28.1 Å². The van der Waals surface area contributed by atoms with Crippen LogP contribution in [0.1, 0.15) is 39.3 Å². The number of thiazole rings is 1. The van der Waals surface area contributed by atoms with Crippen molar-refractivity contribution < 1.29 is 9.21 Å². The van der Waals surface area contributed by atoms with Gasteiger partial charge in [-0.3, -0.25) is 4.79 Å². The lowest BCUT2D eigenvalue weighted by atomic mass is 10.1. The van der Waals surface area contributed by atoms with Gasteiger partial charge in [-0.2, -0.15) is 0 Å². The second kappa shape index (κ2) is 9.21. The maximum atomic E-state index is 12.1. The van der Waals surface area contributed by atoms with Crippen molar-refractivity contribution in [2.24, 2.45) is 0 Å². The van der Waals surface area contributed by atoms with Gasteiger partial charge >= 0.3 is 0 Å². The maximum Gasteiger partial charge on any atom is 0.220 e. The number of nitrogens with one attached hydrogen (secondary N) is 2. The summed E-state index contributed by atoms with van der Waals surface area (Å²) in [5, 5.41) is 13.4. The molecule has 0 aliphatic heterocycles. The standard InChI is InChI=1S/C22H25N5O2S/c1-14-15(2)30-22(25-14)11-12-23-19(28)8-10-21-27-26-20(29-21)9-7-16-13-24-18-6-4-3-5-17(16)18/h3-6,13,24H,7-12H2,1-2H3,(H,23,28). The van der Waals surface area contributed by atoms with E-state index in [-0.39, 0.29) is 5.91 Å². The third-order valence-electron chi connectivity index (χ3n) is 5.09. The molecule has 3 aromatic heterocycles. The van der Waals surface area contributed by atoms with Crippen LogP contribution < -0.4 is 5.32 Å². The average molecular weight is 424 g/mol. The highest BCUT2D eigenvalue weighted by molar-refractivity contribution is 7.11. The molecule has 156 valence electrons. The molecule has 0 atom stereocenters. The van der Waals surface area contributed by atoms with Gasteiger partial charge < -0.3 is 14.7 Å². The lowest BCUT2D eigenvalue weighted by Gasteiger charge is -2.02. The number of carbonyl (C=O) groups is 1.